The molecule has 0 amide bonds. The molecule has 0 aliphatic rings. The van der Waals surface area contributed by atoms with Gasteiger partial charge in [-0.1, -0.05) is 18.2 Å². The minimum Gasteiger partial charge on any atom is -0.222 e. The van der Waals surface area contributed by atoms with Crippen LogP contribution in [0.15, 0.2) is 46.9 Å². The van der Waals surface area contributed by atoms with Crippen LogP contribution in [0.4, 0.5) is 0 Å². The summed E-state index contributed by atoms with van der Waals surface area (Å²) in [6.07, 6.45) is 0. The molecule has 1 aromatic heterocycles. The van der Waals surface area contributed by atoms with E-state index in [4.69, 9.17) is 23.1 Å². The number of hydrogen-bond donors (Lipinski definition) is 0. The molecule has 0 atom stereocenters. The van der Waals surface area contributed by atoms with E-state index in [1.165, 1.54) is 5.56 Å². The summed E-state index contributed by atoms with van der Waals surface area (Å²) in [6.45, 7) is 4.05. The van der Waals surface area contributed by atoms with Gasteiger partial charge < -0.3 is 0 Å². The molecule has 0 bridgehead atoms. The predicted molar refractivity (Wildman–Crippen MR) is 58.0 cm³/mol. The van der Waals surface area contributed by atoms with Crippen molar-refractivity contribution in [2.24, 2.45) is 0 Å². The number of aryl methyl sites for hydroxylation is 2. The van der Waals surface area contributed by atoms with E-state index in [0.29, 0.717) is 0 Å². The third kappa shape index (κ3) is 6.85. The van der Waals surface area contributed by atoms with E-state index in [1.807, 2.05) is 31.2 Å². The SMILES string of the molecule is Cc1cc(C)[o+]c(-c2ccccc2)c1.[O-][Cl+3]([O-])([O-])[O-]. The Morgan fingerprint density at radius 1 is 0.895 bits per heavy atom. The first-order chi connectivity index (χ1) is 8.75. The van der Waals surface area contributed by atoms with Gasteiger partial charge in [0.05, 0.1) is 12.5 Å². The highest BCUT2D eigenvalue weighted by molar-refractivity contribution is 5.57. The third-order valence-electron chi connectivity index (χ3n) is 2.12. The Bertz CT molecular complexity index is 496. The van der Waals surface area contributed by atoms with E-state index < -0.39 is 10.2 Å². The number of rotatable bonds is 1. The Morgan fingerprint density at radius 2 is 1.42 bits per heavy atom. The molecule has 0 unspecified atom stereocenters. The van der Waals surface area contributed by atoms with E-state index in [-0.39, 0.29) is 0 Å². The Hall–Kier alpha value is -1.50. The Morgan fingerprint density at radius 3 is 1.89 bits per heavy atom. The van der Waals surface area contributed by atoms with Gasteiger partial charge in [0.1, 0.15) is 0 Å². The quantitative estimate of drug-likeness (QED) is 0.631. The monoisotopic (exact) mass is 284 g/mol. The van der Waals surface area contributed by atoms with Crippen molar-refractivity contribution in [3.05, 3.63) is 53.8 Å². The van der Waals surface area contributed by atoms with Crippen LogP contribution in [0.1, 0.15) is 11.3 Å². The van der Waals surface area contributed by atoms with Crippen LogP contribution < -0.4 is 18.6 Å². The maximum atomic E-state index is 8.49. The van der Waals surface area contributed by atoms with E-state index in [9.17, 15) is 0 Å². The van der Waals surface area contributed by atoms with Gasteiger partial charge in [0.25, 0.3) is 0 Å². The second kappa shape index (κ2) is 6.60. The molecule has 0 fully saturated rings. The van der Waals surface area contributed by atoms with E-state index >= 15 is 0 Å². The van der Waals surface area contributed by atoms with Crippen molar-refractivity contribution in [2.75, 3.05) is 0 Å². The average Bonchev–Trinajstić information content (AvgIpc) is 2.26. The lowest BCUT2D eigenvalue weighted by molar-refractivity contribution is -2.00. The highest BCUT2D eigenvalue weighted by Gasteiger charge is 2.12. The summed E-state index contributed by atoms with van der Waals surface area (Å²) in [6, 6.07) is 14.2. The fraction of sp³-hybridized carbons (Fsp3) is 0.154. The molecule has 0 spiro atoms. The zero-order valence-corrected chi connectivity index (χ0v) is 11.2. The van der Waals surface area contributed by atoms with Gasteiger partial charge in [-0.15, -0.1) is 10.2 Å². The summed E-state index contributed by atoms with van der Waals surface area (Å²) < 4.78 is 39.6. The first-order valence-corrected chi connectivity index (χ1v) is 6.58. The van der Waals surface area contributed by atoms with E-state index in [1.54, 1.807) is 0 Å². The topological polar surface area (TPSA) is 104 Å². The average molecular weight is 285 g/mol. The number of hydrogen-bond acceptors (Lipinski definition) is 4. The van der Waals surface area contributed by atoms with Crippen LogP contribution in [0, 0.1) is 24.1 Å². The summed E-state index contributed by atoms with van der Waals surface area (Å²) >= 11 is 0. The second-order valence-electron chi connectivity index (χ2n) is 3.85. The van der Waals surface area contributed by atoms with Crippen LogP contribution in [-0.4, -0.2) is 0 Å². The van der Waals surface area contributed by atoms with Crippen LogP contribution in [0.3, 0.4) is 0 Å². The van der Waals surface area contributed by atoms with Crippen molar-refractivity contribution in [3.63, 3.8) is 0 Å². The van der Waals surface area contributed by atoms with Crippen molar-refractivity contribution in [3.8, 4) is 11.3 Å². The highest BCUT2D eigenvalue weighted by Crippen LogP contribution is 2.21. The van der Waals surface area contributed by atoms with Crippen molar-refractivity contribution in [2.45, 2.75) is 13.8 Å². The molecule has 2 aromatic rings. The summed E-state index contributed by atoms with van der Waals surface area (Å²) in [5, 5.41) is 0. The molecule has 1 heterocycles. The zero-order valence-electron chi connectivity index (χ0n) is 10.5. The molecule has 102 valence electrons. The fourth-order valence-electron chi connectivity index (χ4n) is 1.55. The molecule has 1 aromatic carbocycles. The van der Waals surface area contributed by atoms with Gasteiger partial charge in [0, 0.05) is 12.1 Å². The van der Waals surface area contributed by atoms with Crippen molar-refractivity contribution in [1.82, 2.24) is 0 Å². The molecule has 19 heavy (non-hydrogen) atoms. The summed E-state index contributed by atoms with van der Waals surface area (Å²) in [7, 11) is -4.94. The van der Waals surface area contributed by atoms with Gasteiger partial charge in [0.15, 0.2) is 0 Å². The minimum absolute atomic E-state index is 0.933. The Kier molecular flexibility index (Phi) is 5.41. The molecule has 0 radical (unpaired) electrons. The van der Waals surface area contributed by atoms with Crippen molar-refractivity contribution >= 4 is 0 Å². The van der Waals surface area contributed by atoms with Crippen LogP contribution >= 0.6 is 0 Å². The lowest BCUT2D eigenvalue weighted by atomic mass is 10.1. The van der Waals surface area contributed by atoms with Crippen LogP contribution in [-0.2, 0) is 0 Å². The molecule has 0 N–H and O–H groups in total. The van der Waals surface area contributed by atoms with Gasteiger partial charge in [0.2, 0.25) is 0 Å². The first kappa shape index (κ1) is 15.6. The standard InChI is InChI=1S/C13H13O.ClHO4/c1-10-8-11(2)14-13(9-10)12-6-4-3-5-7-12;2-1(3,4)5/h3-9H,1-2H3;(H,2,3,4,5)/q+1;/p-1. The fourth-order valence-corrected chi connectivity index (χ4v) is 1.55. The third-order valence-corrected chi connectivity index (χ3v) is 2.12. The molecule has 2 rings (SSSR count). The molecule has 0 aliphatic carbocycles. The van der Waals surface area contributed by atoms with Crippen molar-refractivity contribution in [1.29, 1.82) is 0 Å². The molecule has 0 saturated heterocycles. The summed E-state index contributed by atoms with van der Waals surface area (Å²) in [5.74, 6) is 1.88. The van der Waals surface area contributed by atoms with Crippen LogP contribution in [0.5, 0.6) is 0 Å². The summed E-state index contributed by atoms with van der Waals surface area (Å²) in [4.78, 5) is 0. The molecular formula is C13H13ClO5. The zero-order chi connectivity index (χ0) is 14.5. The molecular weight excluding hydrogens is 272 g/mol. The van der Waals surface area contributed by atoms with E-state index in [0.717, 1.165) is 17.1 Å². The van der Waals surface area contributed by atoms with Gasteiger partial charge in [-0.2, -0.15) is 0 Å². The van der Waals surface area contributed by atoms with Gasteiger partial charge in [-0.05, 0) is 24.6 Å². The molecule has 0 aliphatic heterocycles. The van der Waals surface area contributed by atoms with Gasteiger partial charge in [-0.25, -0.2) is 23.1 Å². The smallest absolute Gasteiger partial charge is 0.222 e. The number of halogens is 1. The van der Waals surface area contributed by atoms with Crippen LogP contribution in [0.2, 0.25) is 0 Å². The highest BCUT2D eigenvalue weighted by atomic mass is 35.7. The maximum absolute atomic E-state index is 8.49. The molecule has 5 nitrogen and oxygen atoms in total. The number of benzene rings is 1. The normalized spacial score (nSPS) is 10.6. The van der Waals surface area contributed by atoms with Crippen molar-refractivity contribution < 1.29 is 33.3 Å². The Labute approximate surface area is 113 Å². The lowest BCUT2D eigenvalue weighted by Crippen LogP contribution is -2.68. The lowest BCUT2D eigenvalue weighted by Gasteiger charge is -2.17. The largest absolute Gasteiger partial charge is 0.360 e. The van der Waals surface area contributed by atoms with Gasteiger partial charge >= 0.3 is 11.5 Å². The second-order valence-corrected chi connectivity index (χ2v) is 4.61. The molecule has 0 saturated carbocycles. The van der Waals surface area contributed by atoms with Gasteiger partial charge in [-0.3, -0.25) is 0 Å². The minimum atomic E-state index is -4.94. The maximum Gasteiger partial charge on any atom is 0.360 e. The summed E-state index contributed by atoms with van der Waals surface area (Å²) in [5.41, 5.74) is 2.35. The van der Waals surface area contributed by atoms with Crippen LogP contribution in [0.25, 0.3) is 11.3 Å². The molecule has 6 heteroatoms. The first-order valence-electron chi connectivity index (χ1n) is 5.34. The Balaban J connectivity index is 0.000000312. The predicted octanol–water partition coefficient (Wildman–Crippen LogP) is -0.911. The van der Waals surface area contributed by atoms with E-state index in [2.05, 4.69) is 25.1 Å².